The molecule has 1 aromatic heterocycles. The Morgan fingerprint density at radius 3 is 2.95 bits per heavy atom. The lowest BCUT2D eigenvalue weighted by Gasteiger charge is -2.07. The SMILES string of the molecule is CNCc1cccc(Oc2nccc(C#N)c2[N+](=O)[O-])c1. The number of aromatic nitrogens is 1. The van der Waals surface area contributed by atoms with Crippen LogP contribution in [0.4, 0.5) is 5.69 Å². The van der Waals surface area contributed by atoms with Crippen LogP contribution in [0.3, 0.4) is 0 Å². The summed E-state index contributed by atoms with van der Waals surface area (Å²) in [4.78, 5) is 14.3. The first-order valence-electron chi connectivity index (χ1n) is 6.10. The highest BCUT2D eigenvalue weighted by Gasteiger charge is 2.23. The Morgan fingerprint density at radius 2 is 2.29 bits per heavy atom. The molecule has 0 aliphatic heterocycles. The summed E-state index contributed by atoms with van der Waals surface area (Å²) in [6, 6.07) is 10.1. The first kappa shape index (κ1) is 14.4. The van der Waals surface area contributed by atoms with Crippen LogP contribution in [-0.2, 0) is 6.54 Å². The number of hydrogen-bond acceptors (Lipinski definition) is 6. The predicted molar refractivity (Wildman–Crippen MR) is 74.9 cm³/mol. The maximum Gasteiger partial charge on any atom is 0.348 e. The summed E-state index contributed by atoms with van der Waals surface area (Å²) in [6.45, 7) is 0.644. The number of nitrogens with zero attached hydrogens (tertiary/aromatic N) is 3. The molecule has 106 valence electrons. The minimum absolute atomic E-state index is 0.0867. The highest BCUT2D eigenvalue weighted by Crippen LogP contribution is 2.31. The third kappa shape index (κ3) is 3.32. The lowest BCUT2D eigenvalue weighted by atomic mass is 10.2. The molecule has 1 aromatic carbocycles. The molecule has 0 fully saturated rings. The Bertz CT molecular complexity index is 710. The van der Waals surface area contributed by atoms with Gasteiger partial charge in [-0.15, -0.1) is 0 Å². The summed E-state index contributed by atoms with van der Waals surface area (Å²) in [5.74, 6) is 0.231. The quantitative estimate of drug-likeness (QED) is 0.668. The van der Waals surface area contributed by atoms with Gasteiger partial charge in [0.2, 0.25) is 0 Å². The minimum Gasteiger partial charge on any atom is -0.434 e. The number of rotatable bonds is 5. The van der Waals surface area contributed by atoms with Gasteiger partial charge < -0.3 is 10.1 Å². The number of nitriles is 1. The van der Waals surface area contributed by atoms with Crippen molar-refractivity contribution in [3.05, 3.63) is 57.8 Å². The summed E-state index contributed by atoms with van der Waals surface area (Å²) in [5.41, 5.74) is 0.449. The highest BCUT2D eigenvalue weighted by atomic mass is 16.6. The standard InChI is InChI=1S/C14H12N4O3/c1-16-9-10-3-2-4-12(7-10)21-14-13(18(19)20)11(8-15)5-6-17-14/h2-7,16H,9H2,1H3. The molecule has 0 atom stereocenters. The van der Waals surface area contributed by atoms with Crippen LogP contribution in [0.2, 0.25) is 0 Å². The molecule has 0 radical (unpaired) electrons. The van der Waals surface area contributed by atoms with E-state index in [1.165, 1.54) is 12.3 Å². The van der Waals surface area contributed by atoms with Crippen molar-refractivity contribution in [2.24, 2.45) is 0 Å². The molecular weight excluding hydrogens is 272 g/mol. The van der Waals surface area contributed by atoms with E-state index in [0.29, 0.717) is 12.3 Å². The molecule has 0 spiro atoms. The molecule has 0 unspecified atom stereocenters. The first-order valence-corrected chi connectivity index (χ1v) is 6.10. The van der Waals surface area contributed by atoms with Crippen LogP contribution in [0.15, 0.2) is 36.5 Å². The molecule has 0 saturated heterocycles. The zero-order valence-corrected chi connectivity index (χ0v) is 11.2. The molecule has 2 rings (SSSR count). The number of hydrogen-bond donors (Lipinski definition) is 1. The van der Waals surface area contributed by atoms with Crippen LogP contribution in [0.25, 0.3) is 0 Å². The van der Waals surface area contributed by atoms with Gasteiger partial charge in [0.1, 0.15) is 17.4 Å². The van der Waals surface area contributed by atoms with E-state index in [4.69, 9.17) is 10.00 Å². The summed E-state index contributed by atoms with van der Waals surface area (Å²) in [7, 11) is 1.82. The van der Waals surface area contributed by atoms with Crippen molar-refractivity contribution in [2.75, 3.05) is 7.05 Å². The third-order valence-electron chi connectivity index (χ3n) is 2.69. The maximum atomic E-state index is 11.1. The summed E-state index contributed by atoms with van der Waals surface area (Å²) < 4.78 is 5.47. The topological polar surface area (TPSA) is 101 Å². The van der Waals surface area contributed by atoms with Gasteiger partial charge in [0.25, 0.3) is 0 Å². The fourth-order valence-electron chi connectivity index (χ4n) is 1.81. The Labute approximate surface area is 121 Å². The van der Waals surface area contributed by atoms with Gasteiger partial charge in [-0.1, -0.05) is 12.1 Å². The Hall–Kier alpha value is -2.98. The van der Waals surface area contributed by atoms with Crippen LogP contribution >= 0.6 is 0 Å². The van der Waals surface area contributed by atoms with Gasteiger partial charge in [0.15, 0.2) is 0 Å². The van der Waals surface area contributed by atoms with Crippen molar-refractivity contribution in [2.45, 2.75) is 6.54 Å². The van der Waals surface area contributed by atoms with Crippen molar-refractivity contribution < 1.29 is 9.66 Å². The summed E-state index contributed by atoms with van der Waals surface area (Å²) in [5, 5.41) is 23.0. The van der Waals surface area contributed by atoms with Crippen molar-refractivity contribution in [3.8, 4) is 17.7 Å². The smallest absolute Gasteiger partial charge is 0.348 e. The Morgan fingerprint density at radius 1 is 1.48 bits per heavy atom. The molecule has 0 aliphatic carbocycles. The molecule has 7 nitrogen and oxygen atoms in total. The highest BCUT2D eigenvalue weighted by molar-refractivity contribution is 5.55. The number of nitro groups is 1. The van der Waals surface area contributed by atoms with Gasteiger partial charge in [-0.2, -0.15) is 5.26 Å². The van der Waals surface area contributed by atoms with Crippen LogP contribution < -0.4 is 10.1 Å². The fraction of sp³-hybridized carbons (Fsp3) is 0.143. The van der Waals surface area contributed by atoms with E-state index < -0.39 is 10.6 Å². The van der Waals surface area contributed by atoms with E-state index in [1.54, 1.807) is 24.3 Å². The molecule has 1 N–H and O–H groups in total. The second-order valence-corrected chi connectivity index (χ2v) is 4.16. The predicted octanol–water partition coefficient (Wildman–Crippen LogP) is 2.37. The largest absolute Gasteiger partial charge is 0.434 e. The summed E-state index contributed by atoms with van der Waals surface area (Å²) >= 11 is 0. The van der Waals surface area contributed by atoms with Gasteiger partial charge in [-0.05, 0) is 30.8 Å². The van der Waals surface area contributed by atoms with E-state index in [9.17, 15) is 10.1 Å². The van der Waals surface area contributed by atoms with Gasteiger partial charge in [-0.25, -0.2) is 4.98 Å². The Kier molecular flexibility index (Phi) is 4.43. The van der Waals surface area contributed by atoms with Gasteiger partial charge >= 0.3 is 11.6 Å². The number of benzene rings is 1. The minimum atomic E-state index is -0.668. The maximum absolute atomic E-state index is 11.1. The number of pyridine rings is 1. The zero-order chi connectivity index (χ0) is 15.2. The lowest BCUT2D eigenvalue weighted by molar-refractivity contribution is -0.386. The second-order valence-electron chi connectivity index (χ2n) is 4.16. The van der Waals surface area contributed by atoms with Gasteiger partial charge in [0, 0.05) is 12.7 Å². The van der Waals surface area contributed by atoms with Gasteiger partial charge in [0.05, 0.1) is 4.92 Å². The summed E-state index contributed by atoms with van der Waals surface area (Å²) in [6.07, 6.45) is 1.30. The third-order valence-corrected chi connectivity index (χ3v) is 2.69. The zero-order valence-electron chi connectivity index (χ0n) is 11.2. The molecule has 0 bridgehead atoms. The van der Waals surface area contributed by atoms with E-state index in [0.717, 1.165) is 5.56 Å². The van der Waals surface area contributed by atoms with E-state index in [2.05, 4.69) is 10.3 Å². The van der Waals surface area contributed by atoms with Crippen LogP contribution in [0.1, 0.15) is 11.1 Å². The Balaban J connectivity index is 2.38. The molecule has 2 aromatic rings. The molecular formula is C14H12N4O3. The van der Waals surface area contributed by atoms with Crippen molar-refractivity contribution in [1.29, 1.82) is 5.26 Å². The fourth-order valence-corrected chi connectivity index (χ4v) is 1.81. The van der Waals surface area contributed by atoms with Crippen LogP contribution in [0, 0.1) is 21.4 Å². The molecule has 0 amide bonds. The first-order chi connectivity index (χ1) is 10.2. The molecule has 1 heterocycles. The molecule has 21 heavy (non-hydrogen) atoms. The van der Waals surface area contributed by atoms with Crippen molar-refractivity contribution in [3.63, 3.8) is 0 Å². The second kappa shape index (κ2) is 6.45. The lowest BCUT2D eigenvalue weighted by Crippen LogP contribution is -2.05. The van der Waals surface area contributed by atoms with Crippen molar-refractivity contribution in [1.82, 2.24) is 10.3 Å². The van der Waals surface area contributed by atoms with Gasteiger partial charge in [-0.3, -0.25) is 10.1 Å². The molecule has 0 saturated carbocycles. The molecule has 7 heteroatoms. The molecule has 0 aliphatic rings. The van der Waals surface area contributed by atoms with Crippen LogP contribution in [-0.4, -0.2) is 17.0 Å². The average molecular weight is 284 g/mol. The van der Waals surface area contributed by atoms with Crippen molar-refractivity contribution >= 4 is 5.69 Å². The van der Waals surface area contributed by atoms with Crippen LogP contribution in [0.5, 0.6) is 11.6 Å². The van der Waals surface area contributed by atoms with E-state index >= 15 is 0 Å². The number of nitrogens with one attached hydrogen (secondary N) is 1. The average Bonchev–Trinajstić information content (AvgIpc) is 2.47. The van der Waals surface area contributed by atoms with E-state index in [-0.39, 0.29) is 11.4 Å². The monoisotopic (exact) mass is 284 g/mol. The normalized spacial score (nSPS) is 9.90. The number of ether oxygens (including phenoxy) is 1. The van der Waals surface area contributed by atoms with E-state index in [1.807, 2.05) is 13.1 Å².